The van der Waals surface area contributed by atoms with Crippen LogP contribution in [-0.4, -0.2) is 37.1 Å². The predicted octanol–water partition coefficient (Wildman–Crippen LogP) is 2.45. The lowest BCUT2D eigenvalue weighted by Crippen LogP contribution is -2.35. The molecule has 0 bridgehead atoms. The molecule has 0 unspecified atom stereocenters. The maximum Gasteiger partial charge on any atom is 0.305 e. The highest BCUT2D eigenvalue weighted by Gasteiger charge is 2.19. The molecule has 1 saturated heterocycles. The first-order valence-electron chi connectivity index (χ1n) is 6.64. The van der Waals surface area contributed by atoms with Crippen LogP contribution in [0.25, 0.3) is 0 Å². The fraction of sp³-hybridized carbons (Fsp3) is 0.923. The molecule has 0 spiro atoms. The number of ether oxygens (including phenoxy) is 1. The van der Waals surface area contributed by atoms with Crippen LogP contribution in [0.2, 0.25) is 0 Å². The maximum atomic E-state index is 11.2. The lowest BCUT2D eigenvalue weighted by atomic mass is 9.98. The summed E-state index contributed by atoms with van der Waals surface area (Å²) in [5.74, 6) is 0.562. The van der Waals surface area contributed by atoms with Gasteiger partial charge in [-0.3, -0.25) is 4.79 Å². The molecule has 0 aromatic carbocycles. The zero-order chi connectivity index (χ0) is 11.8. The predicted molar refractivity (Wildman–Crippen MR) is 65.3 cm³/mol. The zero-order valence-corrected chi connectivity index (χ0v) is 10.7. The lowest BCUT2D eigenvalue weighted by molar-refractivity contribution is -0.145. The fourth-order valence-electron chi connectivity index (χ4n) is 2.18. The molecule has 0 aromatic rings. The van der Waals surface area contributed by atoms with E-state index in [9.17, 15) is 4.79 Å². The Bertz CT molecular complexity index is 198. The van der Waals surface area contributed by atoms with Crippen LogP contribution in [0, 0.1) is 5.92 Å². The monoisotopic (exact) mass is 227 g/mol. The molecule has 0 aromatic heterocycles. The summed E-state index contributed by atoms with van der Waals surface area (Å²) in [7, 11) is 0. The average molecular weight is 227 g/mol. The van der Waals surface area contributed by atoms with E-state index in [-0.39, 0.29) is 5.97 Å². The summed E-state index contributed by atoms with van der Waals surface area (Å²) in [6, 6.07) is 0. The van der Waals surface area contributed by atoms with Crippen LogP contribution in [0.4, 0.5) is 0 Å². The molecule has 1 fully saturated rings. The van der Waals surface area contributed by atoms with Gasteiger partial charge in [-0.05, 0) is 51.2 Å². The van der Waals surface area contributed by atoms with Gasteiger partial charge >= 0.3 is 5.97 Å². The van der Waals surface area contributed by atoms with Crippen LogP contribution in [0.5, 0.6) is 0 Å². The summed E-state index contributed by atoms with van der Waals surface area (Å²) in [4.78, 5) is 13.7. The van der Waals surface area contributed by atoms with Crippen LogP contribution in [0.3, 0.4) is 0 Å². The van der Waals surface area contributed by atoms with Crippen molar-refractivity contribution in [1.29, 1.82) is 0 Å². The van der Waals surface area contributed by atoms with Crippen molar-refractivity contribution in [1.82, 2.24) is 4.90 Å². The van der Waals surface area contributed by atoms with E-state index >= 15 is 0 Å². The molecule has 3 heteroatoms. The highest BCUT2D eigenvalue weighted by Crippen LogP contribution is 2.17. The van der Waals surface area contributed by atoms with Crippen LogP contribution in [0.1, 0.15) is 46.0 Å². The Morgan fingerprint density at radius 1 is 1.25 bits per heavy atom. The summed E-state index contributed by atoms with van der Waals surface area (Å²) in [6.45, 7) is 8.41. The molecule has 1 rings (SSSR count). The first-order chi connectivity index (χ1) is 7.76. The SMILES string of the molecule is CCCC(=O)OCC1CCN(CCC)CC1. The minimum Gasteiger partial charge on any atom is -0.465 e. The highest BCUT2D eigenvalue weighted by molar-refractivity contribution is 5.69. The largest absolute Gasteiger partial charge is 0.465 e. The summed E-state index contributed by atoms with van der Waals surface area (Å²) < 4.78 is 5.26. The van der Waals surface area contributed by atoms with Crippen LogP contribution < -0.4 is 0 Å². The standard InChI is InChI=1S/C13H25NO2/c1-3-5-13(15)16-11-12-6-9-14(8-4-2)10-7-12/h12H,3-11H2,1-2H3. The van der Waals surface area contributed by atoms with Gasteiger partial charge in [0.25, 0.3) is 0 Å². The van der Waals surface area contributed by atoms with Crippen molar-refractivity contribution in [2.45, 2.75) is 46.0 Å². The summed E-state index contributed by atoms with van der Waals surface area (Å²) >= 11 is 0. The van der Waals surface area contributed by atoms with Gasteiger partial charge < -0.3 is 9.64 Å². The quantitative estimate of drug-likeness (QED) is 0.653. The molecule has 94 valence electrons. The van der Waals surface area contributed by atoms with Crippen molar-refractivity contribution < 1.29 is 9.53 Å². The van der Waals surface area contributed by atoms with E-state index in [2.05, 4.69) is 11.8 Å². The number of hydrogen-bond donors (Lipinski definition) is 0. The Labute approximate surface area is 99.1 Å². The zero-order valence-electron chi connectivity index (χ0n) is 10.7. The van der Waals surface area contributed by atoms with Crippen molar-refractivity contribution in [3.63, 3.8) is 0 Å². The molecule has 0 saturated carbocycles. The number of rotatable bonds is 6. The molecule has 1 heterocycles. The Hall–Kier alpha value is -0.570. The van der Waals surface area contributed by atoms with Gasteiger partial charge in [-0.1, -0.05) is 13.8 Å². The molecular weight excluding hydrogens is 202 g/mol. The molecule has 0 radical (unpaired) electrons. The second-order valence-electron chi connectivity index (χ2n) is 4.72. The molecule has 0 N–H and O–H groups in total. The van der Waals surface area contributed by atoms with Crippen molar-refractivity contribution >= 4 is 5.97 Å². The Morgan fingerprint density at radius 3 is 2.50 bits per heavy atom. The third kappa shape index (κ3) is 4.97. The van der Waals surface area contributed by atoms with E-state index in [1.54, 1.807) is 0 Å². The van der Waals surface area contributed by atoms with Crippen LogP contribution in [-0.2, 0) is 9.53 Å². The average Bonchev–Trinajstić information content (AvgIpc) is 2.29. The van der Waals surface area contributed by atoms with E-state index < -0.39 is 0 Å². The van der Waals surface area contributed by atoms with E-state index in [4.69, 9.17) is 4.74 Å². The molecule has 3 nitrogen and oxygen atoms in total. The highest BCUT2D eigenvalue weighted by atomic mass is 16.5. The number of hydrogen-bond acceptors (Lipinski definition) is 3. The number of carbonyl (C=O) groups excluding carboxylic acids is 1. The van der Waals surface area contributed by atoms with E-state index in [0.29, 0.717) is 18.9 Å². The van der Waals surface area contributed by atoms with Gasteiger partial charge in [-0.25, -0.2) is 0 Å². The normalized spacial score (nSPS) is 18.6. The van der Waals surface area contributed by atoms with Gasteiger partial charge in [0.2, 0.25) is 0 Å². The van der Waals surface area contributed by atoms with Gasteiger partial charge in [0.05, 0.1) is 6.61 Å². The molecule has 0 aliphatic carbocycles. The molecule has 1 aliphatic rings. The molecule has 1 aliphatic heterocycles. The number of nitrogens with zero attached hydrogens (tertiary/aromatic N) is 1. The van der Waals surface area contributed by atoms with Crippen molar-refractivity contribution in [2.75, 3.05) is 26.2 Å². The second kappa shape index (κ2) is 7.66. The summed E-state index contributed by atoms with van der Waals surface area (Å²) in [6.07, 6.45) is 5.04. The van der Waals surface area contributed by atoms with Gasteiger partial charge in [0.1, 0.15) is 0 Å². The van der Waals surface area contributed by atoms with Crippen LogP contribution in [0.15, 0.2) is 0 Å². The lowest BCUT2D eigenvalue weighted by Gasteiger charge is -2.31. The Kier molecular flexibility index (Phi) is 6.46. The minimum absolute atomic E-state index is 0.0292. The summed E-state index contributed by atoms with van der Waals surface area (Å²) in [5.41, 5.74) is 0. The van der Waals surface area contributed by atoms with Gasteiger partial charge in [0.15, 0.2) is 0 Å². The number of likely N-dealkylation sites (tertiary alicyclic amines) is 1. The third-order valence-electron chi connectivity index (χ3n) is 3.18. The molecule has 0 atom stereocenters. The van der Waals surface area contributed by atoms with Gasteiger partial charge in [-0.15, -0.1) is 0 Å². The Balaban J connectivity index is 2.10. The van der Waals surface area contributed by atoms with Crippen molar-refractivity contribution in [3.8, 4) is 0 Å². The second-order valence-corrected chi connectivity index (χ2v) is 4.72. The van der Waals surface area contributed by atoms with Crippen molar-refractivity contribution in [3.05, 3.63) is 0 Å². The Morgan fingerprint density at radius 2 is 1.94 bits per heavy atom. The minimum atomic E-state index is -0.0292. The summed E-state index contributed by atoms with van der Waals surface area (Å²) in [5, 5.41) is 0. The first kappa shape index (κ1) is 13.5. The van der Waals surface area contributed by atoms with Crippen LogP contribution >= 0.6 is 0 Å². The van der Waals surface area contributed by atoms with E-state index in [1.165, 1.54) is 38.9 Å². The van der Waals surface area contributed by atoms with Crippen molar-refractivity contribution in [2.24, 2.45) is 5.92 Å². The number of carbonyl (C=O) groups is 1. The number of piperidine rings is 1. The maximum absolute atomic E-state index is 11.2. The topological polar surface area (TPSA) is 29.5 Å². The van der Waals surface area contributed by atoms with Gasteiger partial charge in [-0.2, -0.15) is 0 Å². The van der Waals surface area contributed by atoms with E-state index in [1.807, 2.05) is 6.92 Å². The number of esters is 1. The smallest absolute Gasteiger partial charge is 0.305 e. The van der Waals surface area contributed by atoms with Gasteiger partial charge in [0, 0.05) is 6.42 Å². The fourth-order valence-corrected chi connectivity index (χ4v) is 2.18. The first-order valence-corrected chi connectivity index (χ1v) is 6.64. The molecule has 16 heavy (non-hydrogen) atoms. The third-order valence-corrected chi connectivity index (χ3v) is 3.18. The molecular formula is C13H25NO2. The van der Waals surface area contributed by atoms with E-state index in [0.717, 1.165) is 6.42 Å². The molecule has 0 amide bonds.